The number of rotatable bonds is 39. The SMILES string of the molecule is CC/C=C/C/C=C/C/C=C/C/C=C/C/C=C/CCCCCC(=O)OC[C@@H](COP(=O)(O)OC1C(O)C(O)C(O)[C@H](O)C1O)OC(=O)CCCCC/C=C/C/C=C/C/C=C/C/C=C/CCCCC. The normalized spacial score (nSPS) is 22.1. The van der Waals surface area contributed by atoms with Crippen molar-refractivity contribution in [3.8, 4) is 0 Å². The van der Waals surface area contributed by atoms with Crippen LogP contribution in [0.4, 0.5) is 0 Å². The lowest BCUT2D eigenvalue weighted by molar-refractivity contribution is -0.220. The number of carbonyl (C=O) groups is 2. The van der Waals surface area contributed by atoms with Gasteiger partial charge in [-0.3, -0.25) is 18.6 Å². The number of aliphatic hydroxyl groups excluding tert-OH is 5. The average molecular weight is 961 g/mol. The number of hydrogen-bond donors (Lipinski definition) is 6. The molecule has 0 heterocycles. The average Bonchev–Trinajstić information content (AvgIpc) is 3.31. The zero-order valence-electron chi connectivity index (χ0n) is 40.4. The highest BCUT2D eigenvalue weighted by atomic mass is 31.2. The second-order valence-electron chi connectivity index (χ2n) is 16.6. The van der Waals surface area contributed by atoms with Crippen LogP contribution in [0.15, 0.2) is 109 Å². The predicted molar refractivity (Wildman–Crippen MR) is 267 cm³/mol. The van der Waals surface area contributed by atoms with Crippen molar-refractivity contribution in [3.05, 3.63) is 109 Å². The smallest absolute Gasteiger partial charge is 0.462 e. The molecule has 6 unspecified atom stereocenters. The predicted octanol–water partition coefficient (Wildman–Crippen LogP) is 10.4. The first kappa shape index (κ1) is 61.5. The number of phosphoric ester groups is 1. The maximum absolute atomic E-state index is 12.8. The van der Waals surface area contributed by atoms with Crippen molar-refractivity contribution in [2.24, 2.45) is 0 Å². The zero-order chi connectivity index (χ0) is 49.2. The molecule has 0 aromatic carbocycles. The zero-order valence-corrected chi connectivity index (χ0v) is 41.3. The third-order valence-corrected chi connectivity index (χ3v) is 11.6. The van der Waals surface area contributed by atoms with Crippen molar-refractivity contribution in [2.75, 3.05) is 13.2 Å². The molecule has 13 nitrogen and oxygen atoms in total. The number of ether oxygens (including phenoxy) is 2. The molecule has 14 heteroatoms. The lowest BCUT2D eigenvalue weighted by atomic mass is 9.85. The number of unbranched alkanes of at least 4 members (excludes halogenated alkanes) is 9. The molecule has 0 aromatic heterocycles. The minimum atomic E-state index is -5.15. The van der Waals surface area contributed by atoms with E-state index < -0.39 is 75.7 Å². The maximum atomic E-state index is 12.8. The van der Waals surface area contributed by atoms with Gasteiger partial charge in [-0.05, 0) is 103 Å². The van der Waals surface area contributed by atoms with E-state index in [4.69, 9.17) is 18.5 Å². The molecule has 0 spiro atoms. The van der Waals surface area contributed by atoms with Crippen LogP contribution >= 0.6 is 7.82 Å². The van der Waals surface area contributed by atoms with Crippen LogP contribution in [-0.2, 0) is 32.7 Å². The summed E-state index contributed by atoms with van der Waals surface area (Å²) in [6, 6.07) is 0. The van der Waals surface area contributed by atoms with Gasteiger partial charge in [-0.15, -0.1) is 0 Å². The minimum Gasteiger partial charge on any atom is -0.462 e. The van der Waals surface area contributed by atoms with Gasteiger partial charge in [0, 0.05) is 12.8 Å². The van der Waals surface area contributed by atoms with Crippen molar-refractivity contribution in [3.63, 3.8) is 0 Å². The first-order valence-corrected chi connectivity index (χ1v) is 26.2. The number of allylic oxidation sites excluding steroid dienone is 18. The summed E-state index contributed by atoms with van der Waals surface area (Å²) < 4.78 is 33.5. The van der Waals surface area contributed by atoms with Crippen LogP contribution in [0.5, 0.6) is 0 Å². The Balaban J connectivity index is 2.50. The molecule has 0 aliphatic heterocycles. The van der Waals surface area contributed by atoms with E-state index in [0.717, 1.165) is 96.3 Å². The molecule has 6 N–H and O–H groups in total. The summed E-state index contributed by atoms with van der Waals surface area (Å²) >= 11 is 0. The van der Waals surface area contributed by atoms with Gasteiger partial charge in [0.1, 0.15) is 43.2 Å². The highest BCUT2D eigenvalue weighted by molar-refractivity contribution is 7.47. The van der Waals surface area contributed by atoms with Crippen molar-refractivity contribution in [1.82, 2.24) is 0 Å². The van der Waals surface area contributed by atoms with Crippen molar-refractivity contribution in [2.45, 2.75) is 198 Å². The van der Waals surface area contributed by atoms with Crippen LogP contribution in [0.25, 0.3) is 0 Å². The van der Waals surface area contributed by atoms with Crippen LogP contribution in [0.2, 0.25) is 0 Å². The summed E-state index contributed by atoms with van der Waals surface area (Å²) in [6.07, 6.45) is 44.1. The molecule has 0 bridgehead atoms. The van der Waals surface area contributed by atoms with Gasteiger partial charge in [0.2, 0.25) is 0 Å². The van der Waals surface area contributed by atoms with Crippen molar-refractivity contribution >= 4 is 19.8 Å². The molecule has 1 rings (SSSR count). The fourth-order valence-corrected chi connectivity index (χ4v) is 7.62. The molecule has 67 heavy (non-hydrogen) atoms. The quantitative estimate of drug-likeness (QED) is 0.0147. The minimum absolute atomic E-state index is 0.0444. The Morgan fingerprint density at radius 2 is 0.851 bits per heavy atom. The topological polar surface area (TPSA) is 210 Å². The molecule has 1 fully saturated rings. The summed E-state index contributed by atoms with van der Waals surface area (Å²) in [5.41, 5.74) is 0. The number of phosphoric acid groups is 1. The van der Waals surface area contributed by atoms with Gasteiger partial charge in [0.25, 0.3) is 0 Å². The molecule has 8 atom stereocenters. The Kier molecular flexibility index (Phi) is 38.1. The van der Waals surface area contributed by atoms with Crippen LogP contribution < -0.4 is 0 Å². The molecule has 0 aromatic rings. The third kappa shape index (κ3) is 33.6. The molecular weight excluding hydrogens is 876 g/mol. The first-order valence-electron chi connectivity index (χ1n) is 24.7. The Morgan fingerprint density at radius 1 is 0.478 bits per heavy atom. The molecule has 1 aliphatic carbocycles. The number of aliphatic hydroxyl groups is 5. The maximum Gasteiger partial charge on any atom is 0.472 e. The van der Waals surface area contributed by atoms with E-state index in [1.54, 1.807) is 0 Å². The van der Waals surface area contributed by atoms with Gasteiger partial charge < -0.3 is 39.9 Å². The second kappa shape index (κ2) is 41.5. The highest BCUT2D eigenvalue weighted by Gasteiger charge is 2.51. The van der Waals surface area contributed by atoms with Gasteiger partial charge >= 0.3 is 19.8 Å². The fourth-order valence-electron chi connectivity index (χ4n) is 6.65. The van der Waals surface area contributed by atoms with Crippen molar-refractivity contribution in [1.29, 1.82) is 0 Å². The van der Waals surface area contributed by atoms with E-state index >= 15 is 0 Å². The number of hydrogen-bond acceptors (Lipinski definition) is 12. The Bertz CT molecular complexity index is 1580. The van der Waals surface area contributed by atoms with Gasteiger partial charge in [-0.25, -0.2) is 4.57 Å². The summed E-state index contributed by atoms with van der Waals surface area (Å²) in [6.45, 7) is 3.10. The monoisotopic (exact) mass is 961 g/mol. The second-order valence-corrected chi connectivity index (χ2v) is 18.0. The van der Waals surface area contributed by atoms with Crippen LogP contribution in [0.1, 0.15) is 155 Å². The fraction of sp³-hybridized carbons (Fsp3) is 0.623. The van der Waals surface area contributed by atoms with E-state index in [1.807, 2.05) is 0 Å². The first-order chi connectivity index (χ1) is 32.4. The lowest BCUT2D eigenvalue weighted by Crippen LogP contribution is -2.64. The van der Waals surface area contributed by atoms with Crippen LogP contribution in [0.3, 0.4) is 0 Å². The lowest BCUT2D eigenvalue weighted by Gasteiger charge is -2.41. The Hall–Kier alpha value is -3.49. The summed E-state index contributed by atoms with van der Waals surface area (Å²) in [5, 5.41) is 50.2. The molecule has 1 aliphatic rings. The number of carbonyl (C=O) groups excluding carboxylic acids is 2. The molecule has 1 saturated carbocycles. The summed E-state index contributed by atoms with van der Waals surface area (Å²) in [7, 11) is -5.15. The van der Waals surface area contributed by atoms with Gasteiger partial charge in [0.15, 0.2) is 6.10 Å². The van der Waals surface area contributed by atoms with Gasteiger partial charge in [-0.2, -0.15) is 0 Å². The summed E-state index contributed by atoms with van der Waals surface area (Å²) in [4.78, 5) is 35.8. The molecule has 0 radical (unpaired) electrons. The molecular formula is C53H85O13P. The van der Waals surface area contributed by atoms with Gasteiger partial charge in [-0.1, -0.05) is 149 Å². The Labute approximate surface area is 402 Å². The third-order valence-electron chi connectivity index (χ3n) is 10.6. The largest absolute Gasteiger partial charge is 0.472 e. The summed E-state index contributed by atoms with van der Waals surface area (Å²) in [5.74, 6) is -1.18. The highest BCUT2D eigenvalue weighted by Crippen LogP contribution is 2.47. The Morgan fingerprint density at radius 3 is 1.27 bits per heavy atom. The molecule has 0 saturated heterocycles. The van der Waals surface area contributed by atoms with E-state index in [1.165, 1.54) is 19.3 Å². The number of esters is 2. The van der Waals surface area contributed by atoms with E-state index in [0.29, 0.717) is 12.8 Å². The van der Waals surface area contributed by atoms with Crippen LogP contribution in [-0.4, -0.2) is 98.3 Å². The standard InChI is InChI=1S/C53H85O13P/c1-3-5-7-9-11-13-15-17-19-21-23-25-27-29-31-33-35-37-39-41-46(54)63-43-45(44-64-67(61,62)66-53-51(59)49(57)48(56)50(58)52(53)60)65-47(55)42-40-38-36-34-32-30-28-26-24-22-20-18-16-14-12-10-8-6-4-2/h5,7,11-14,17-20,23-26,29-32,45,48-53,56-60H,3-4,6,8-10,15-16,21-22,27-28,33-44H2,1-2H3,(H,61,62)/b7-5+,13-11+,14-12+,19-17+,20-18+,25-23+,26-24+,31-29+,32-30+/t45-,48?,49-,50?,51?,52?,53?/m0/s1. The van der Waals surface area contributed by atoms with Crippen molar-refractivity contribution < 1.29 is 63.1 Å². The van der Waals surface area contributed by atoms with Crippen LogP contribution in [0, 0.1) is 0 Å². The molecule has 0 amide bonds. The molecule has 380 valence electrons. The van der Waals surface area contributed by atoms with E-state index in [2.05, 4.69) is 123 Å². The van der Waals surface area contributed by atoms with Gasteiger partial charge in [0.05, 0.1) is 6.61 Å². The van der Waals surface area contributed by atoms with E-state index in [9.17, 15) is 44.6 Å². The van der Waals surface area contributed by atoms with E-state index in [-0.39, 0.29) is 12.8 Å².